The number of nitrogens with one attached hydrogen (secondary N) is 1. The fourth-order valence-electron chi connectivity index (χ4n) is 2.18. The van der Waals surface area contributed by atoms with Crippen LogP contribution in [0.1, 0.15) is 19.3 Å². The number of carbonyl (C=O) groups excluding carboxylic acids is 2. The number of hydrogen-bond donors (Lipinski definition) is 2. The molecule has 0 radical (unpaired) electrons. The Morgan fingerprint density at radius 3 is 2.76 bits per heavy atom. The first-order valence-corrected chi connectivity index (χ1v) is 8.03. The number of unbranched alkanes of at least 4 members (excludes halogenated alkanes) is 1. The predicted molar refractivity (Wildman–Crippen MR) is 90.1 cm³/mol. The van der Waals surface area contributed by atoms with Gasteiger partial charge < -0.3 is 15.8 Å². The minimum Gasteiger partial charge on any atom is -0.468 e. The summed E-state index contributed by atoms with van der Waals surface area (Å²) in [4.78, 5) is 24.3. The fourth-order valence-corrected chi connectivity index (χ4v) is 2.18. The lowest BCUT2D eigenvalue weighted by Crippen LogP contribution is -2.32. The van der Waals surface area contributed by atoms with Crippen molar-refractivity contribution in [3.63, 3.8) is 0 Å². The van der Waals surface area contributed by atoms with Crippen molar-refractivity contribution in [1.82, 2.24) is 25.5 Å². The van der Waals surface area contributed by atoms with Crippen molar-refractivity contribution in [1.29, 1.82) is 0 Å². The Bertz CT molecular complexity index is 688. The molecule has 134 valence electrons. The van der Waals surface area contributed by atoms with Crippen molar-refractivity contribution in [2.75, 3.05) is 13.7 Å². The van der Waals surface area contributed by atoms with Gasteiger partial charge in [0, 0.05) is 12.1 Å². The van der Waals surface area contributed by atoms with E-state index in [1.54, 1.807) is 0 Å². The maximum absolute atomic E-state index is 11.9. The smallest absolute Gasteiger partial charge is 0.322 e. The monoisotopic (exact) mass is 346 g/mol. The highest BCUT2D eigenvalue weighted by atomic mass is 16.5. The van der Waals surface area contributed by atoms with Crippen LogP contribution in [-0.2, 0) is 20.9 Å². The lowest BCUT2D eigenvalue weighted by Gasteiger charge is -2.09. The molecule has 0 aliphatic rings. The highest BCUT2D eigenvalue weighted by Crippen LogP contribution is 2.11. The highest BCUT2D eigenvalue weighted by Gasteiger charge is 2.13. The molecule has 25 heavy (non-hydrogen) atoms. The summed E-state index contributed by atoms with van der Waals surface area (Å²) in [5.74, 6) is -0.144. The minimum absolute atomic E-state index is 0.00150. The Hall–Kier alpha value is -2.81. The minimum atomic E-state index is -0.614. The molecule has 0 spiro atoms. The number of methoxy groups -OCH3 is 1. The Balaban J connectivity index is 1.67. The number of hydrogen-bond acceptors (Lipinski definition) is 7. The van der Waals surface area contributed by atoms with Crippen molar-refractivity contribution in [2.45, 2.75) is 31.8 Å². The lowest BCUT2D eigenvalue weighted by molar-refractivity contribution is -0.142. The van der Waals surface area contributed by atoms with Gasteiger partial charge in [-0.05, 0) is 24.5 Å². The van der Waals surface area contributed by atoms with Crippen molar-refractivity contribution < 1.29 is 14.3 Å². The molecule has 0 saturated carbocycles. The van der Waals surface area contributed by atoms with E-state index in [1.165, 1.54) is 11.9 Å². The van der Waals surface area contributed by atoms with Gasteiger partial charge in [0.2, 0.25) is 11.7 Å². The maximum Gasteiger partial charge on any atom is 0.322 e. The van der Waals surface area contributed by atoms with E-state index in [0.717, 1.165) is 18.4 Å². The van der Waals surface area contributed by atoms with Gasteiger partial charge in [-0.25, -0.2) is 0 Å². The number of ether oxygens (including phenoxy) is 1. The molecule has 9 nitrogen and oxygen atoms in total. The van der Waals surface area contributed by atoms with Crippen LogP contribution in [0.2, 0.25) is 0 Å². The van der Waals surface area contributed by atoms with Gasteiger partial charge in [-0.3, -0.25) is 9.59 Å². The second kappa shape index (κ2) is 9.48. The summed E-state index contributed by atoms with van der Waals surface area (Å²) in [5, 5.41) is 14.8. The zero-order valence-electron chi connectivity index (χ0n) is 14.1. The number of rotatable bonds is 9. The standard InChI is InChI=1S/C16H22N6O3/c1-25-16(24)13(17)9-5-6-10-18-14(23)11-22-20-15(19-21-22)12-7-3-2-4-8-12/h2-4,7-8,13H,5-6,9-11,17H2,1H3,(H,18,23). The Labute approximate surface area is 145 Å². The first kappa shape index (κ1) is 18.5. The summed E-state index contributed by atoms with van der Waals surface area (Å²) in [6, 6.07) is 8.81. The van der Waals surface area contributed by atoms with E-state index in [4.69, 9.17) is 5.73 Å². The second-order valence-electron chi connectivity index (χ2n) is 5.48. The molecule has 3 N–H and O–H groups in total. The molecule has 0 fully saturated rings. The van der Waals surface area contributed by atoms with Crippen LogP contribution in [0, 0.1) is 0 Å². The van der Waals surface area contributed by atoms with E-state index in [1.807, 2.05) is 30.3 Å². The largest absolute Gasteiger partial charge is 0.468 e. The molecule has 0 aliphatic carbocycles. The van der Waals surface area contributed by atoms with E-state index in [2.05, 4.69) is 25.5 Å². The molecule has 1 aromatic heterocycles. The topological polar surface area (TPSA) is 125 Å². The number of nitrogens with two attached hydrogens (primary N) is 1. The Morgan fingerprint density at radius 2 is 2.04 bits per heavy atom. The van der Waals surface area contributed by atoms with Gasteiger partial charge >= 0.3 is 5.97 Å². The summed E-state index contributed by atoms with van der Waals surface area (Å²) in [7, 11) is 1.31. The molecule has 9 heteroatoms. The van der Waals surface area contributed by atoms with Gasteiger partial charge in [0.25, 0.3) is 0 Å². The zero-order chi connectivity index (χ0) is 18.1. The fraction of sp³-hybridized carbons (Fsp3) is 0.438. The number of carbonyl (C=O) groups is 2. The van der Waals surface area contributed by atoms with Gasteiger partial charge in [0.1, 0.15) is 12.6 Å². The van der Waals surface area contributed by atoms with Crippen LogP contribution in [-0.4, -0.2) is 51.8 Å². The van der Waals surface area contributed by atoms with Gasteiger partial charge in [-0.1, -0.05) is 30.3 Å². The SMILES string of the molecule is COC(=O)C(N)CCCCNC(=O)Cn1nnc(-c2ccccc2)n1. The van der Waals surface area contributed by atoms with Crippen molar-refractivity contribution >= 4 is 11.9 Å². The molecule has 1 heterocycles. The van der Waals surface area contributed by atoms with Crippen LogP contribution in [0.3, 0.4) is 0 Å². The molecule has 0 aliphatic heterocycles. The zero-order valence-corrected chi connectivity index (χ0v) is 14.1. The van der Waals surface area contributed by atoms with E-state index < -0.39 is 12.0 Å². The number of nitrogens with zero attached hydrogens (tertiary/aromatic N) is 4. The average molecular weight is 346 g/mol. The van der Waals surface area contributed by atoms with Gasteiger partial charge in [0.15, 0.2) is 0 Å². The molecule has 1 aromatic carbocycles. The summed E-state index contributed by atoms with van der Waals surface area (Å²) in [5.41, 5.74) is 6.48. The van der Waals surface area contributed by atoms with Crippen LogP contribution in [0.15, 0.2) is 30.3 Å². The Kier molecular flexibility index (Phi) is 7.02. The third-order valence-electron chi connectivity index (χ3n) is 3.54. The molecule has 2 rings (SSSR count). The molecular weight excluding hydrogens is 324 g/mol. The summed E-state index contributed by atoms with van der Waals surface area (Å²) < 4.78 is 4.55. The van der Waals surface area contributed by atoms with Gasteiger partial charge in [-0.2, -0.15) is 4.80 Å². The molecular formula is C16H22N6O3. The average Bonchev–Trinajstić information content (AvgIpc) is 3.09. The Morgan fingerprint density at radius 1 is 1.28 bits per heavy atom. The summed E-state index contributed by atoms with van der Waals surface area (Å²) >= 11 is 0. The predicted octanol–water partition coefficient (Wildman–Crippen LogP) is 0.127. The number of aromatic nitrogens is 4. The number of esters is 1. The summed E-state index contributed by atoms with van der Waals surface area (Å²) in [6.07, 6.45) is 1.96. The first-order valence-electron chi connectivity index (χ1n) is 8.03. The third-order valence-corrected chi connectivity index (χ3v) is 3.54. The highest BCUT2D eigenvalue weighted by molar-refractivity contribution is 5.75. The third kappa shape index (κ3) is 5.96. The van der Waals surface area contributed by atoms with Crippen molar-refractivity contribution in [2.24, 2.45) is 5.73 Å². The molecule has 1 unspecified atom stereocenters. The number of tetrazole rings is 1. The first-order chi connectivity index (χ1) is 12.1. The van der Waals surface area contributed by atoms with Crippen molar-refractivity contribution in [3.05, 3.63) is 30.3 Å². The van der Waals surface area contributed by atoms with Crippen LogP contribution < -0.4 is 11.1 Å². The van der Waals surface area contributed by atoms with Crippen LogP contribution in [0.25, 0.3) is 11.4 Å². The molecule has 1 atom stereocenters. The van der Waals surface area contributed by atoms with E-state index >= 15 is 0 Å². The normalized spacial score (nSPS) is 11.8. The van der Waals surface area contributed by atoms with Crippen LogP contribution in [0.5, 0.6) is 0 Å². The summed E-state index contributed by atoms with van der Waals surface area (Å²) in [6.45, 7) is 0.495. The van der Waals surface area contributed by atoms with E-state index in [-0.39, 0.29) is 12.5 Å². The van der Waals surface area contributed by atoms with Gasteiger partial charge in [0.05, 0.1) is 7.11 Å². The van der Waals surface area contributed by atoms with E-state index in [9.17, 15) is 9.59 Å². The second-order valence-corrected chi connectivity index (χ2v) is 5.48. The molecule has 0 saturated heterocycles. The molecule has 1 amide bonds. The van der Waals surface area contributed by atoms with Crippen LogP contribution in [0.4, 0.5) is 0 Å². The van der Waals surface area contributed by atoms with Gasteiger partial charge in [-0.15, -0.1) is 10.2 Å². The van der Waals surface area contributed by atoms with Crippen LogP contribution >= 0.6 is 0 Å². The van der Waals surface area contributed by atoms with Crippen molar-refractivity contribution in [3.8, 4) is 11.4 Å². The quantitative estimate of drug-likeness (QED) is 0.488. The number of amides is 1. The number of benzene rings is 1. The molecule has 0 bridgehead atoms. The molecule has 2 aromatic rings. The van der Waals surface area contributed by atoms with E-state index in [0.29, 0.717) is 18.8 Å². The lowest BCUT2D eigenvalue weighted by atomic mass is 10.1. The maximum atomic E-state index is 11.9.